The molecule has 9 nitrogen and oxygen atoms in total. The zero-order chi connectivity index (χ0) is 53.6. The number of nitrogens with one attached hydrogen (secondary N) is 1. The number of hydrogen-bond donors (Lipinski definition) is 2. The molecule has 3 atom stereocenters. The molecule has 0 aromatic heterocycles. The van der Waals surface area contributed by atoms with Gasteiger partial charge in [-0.1, -0.05) is 275 Å². The van der Waals surface area contributed by atoms with Gasteiger partial charge < -0.3 is 19.4 Å². The van der Waals surface area contributed by atoms with Crippen LogP contribution in [0.3, 0.4) is 0 Å². The number of likely N-dealkylation sites (N-methyl/N-ethyl adjacent to an activating group) is 1. The Hall–Kier alpha value is -2.03. The third-order valence-corrected chi connectivity index (χ3v) is 14.8. The number of phosphoric acid groups is 1. The Bertz CT molecular complexity index is 1390. The zero-order valence-electron chi connectivity index (χ0n) is 48.9. The van der Waals surface area contributed by atoms with Crippen molar-refractivity contribution in [3.63, 3.8) is 0 Å². The van der Waals surface area contributed by atoms with Gasteiger partial charge in [0, 0.05) is 12.8 Å². The first-order chi connectivity index (χ1) is 35.4. The number of allylic oxidation sites excluding steroid dienone is 7. The van der Waals surface area contributed by atoms with Crippen LogP contribution in [0.5, 0.6) is 0 Å². The second kappa shape index (κ2) is 53.4. The van der Waals surface area contributed by atoms with Crippen molar-refractivity contribution in [1.82, 2.24) is 5.32 Å². The largest absolute Gasteiger partial charge is 0.472 e. The molecule has 0 saturated carbocycles. The van der Waals surface area contributed by atoms with Gasteiger partial charge in [-0.25, -0.2) is 4.57 Å². The lowest BCUT2D eigenvalue weighted by molar-refractivity contribution is -0.870. The van der Waals surface area contributed by atoms with E-state index in [-0.39, 0.29) is 25.1 Å². The topological polar surface area (TPSA) is 111 Å². The molecule has 10 heteroatoms. The molecule has 0 heterocycles. The molecule has 0 spiro atoms. The van der Waals surface area contributed by atoms with E-state index in [1.165, 1.54) is 173 Å². The van der Waals surface area contributed by atoms with Gasteiger partial charge in [-0.15, -0.1) is 0 Å². The quantitative estimate of drug-likeness (QED) is 0.0156. The Morgan fingerprint density at radius 3 is 1.30 bits per heavy atom. The van der Waals surface area contributed by atoms with Gasteiger partial charge in [-0.05, 0) is 51.0 Å². The molecule has 1 amide bonds. The first kappa shape index (κ1) is 71.0. The number of rotatable bonds is 56. The highest BCUT2D eigenvalue weighted by Crippen LogP contribution is 2.43. The van der Waals surface area contributed by atoms with Crippen molar-refractivity contribution in [2.75, 3.05) is 40.9 Å². The summed E-state index contributed by atoms with van der Waals surface area (Å²) in [7, 11) is 1.49. The number of hydrogen-bond acceptors (Lipinski definition) is 6. The molecule has 0 aliphatic heterocycles. The first-order valence-corrected chi connectivity index (χ1v) is 32.5. The van der Waals surface area contributed by atoms with Gasteiger partial charge in [0.05, 0.1) is 33.8 Å². The Kier molecular flexibility index (Phi) is 51.9. The van der Waals surface area contributed by atoms with Crippen molar-refractivity contribution < 1.29 is 37.3 Å². The van der Waals surface area contributed by atoms with Crippen LogP contribution in [0.15, 0.2) is 48.6 Å². The number of nitrogens with zero attached hydrogens (tertiary/aromatic N) is 1. The van der Waals surface area contributed by atoms with Crippen LogP contribution in [0.25, 0.3) is 0 Å². The normalized spacial score (nSPS) is 14.0. The molecule has 0 saturated heterocycles. The summed E-state index contributed by atoms with van der Waals surface area (Å²) < 4.78 is 30.6. The smallest absolute Gasteiger partial charge is 0.456 e. The van der Waals surface area contributed by atoms with E-state index in [9.17, 15) is 19.0 Å². The maximum absolute atomic E-state index is 13.5. The number of carbonyl (C=O) groups is 2. The van der Waals surface area contributed by atoms with Gasteiger partial charge in [-0.3, -0.25) is 18.6 Å². The van der Waals surface area contributed by atoms with Crippen molar-refractivity contribution >= 4 is 19.7 Å². The number of esters is 1. The number of ether oxygens (including phenoxy) is 1. The number of unbranched alkanes of at least 4 members (excludes halogenated alkanes) is 36. The van der Waals surface area contributed by atoms with E-state index in [1.807, 2.05) is 33.3 Å². The summed E-state index contributed by atoms with van der Waals surface area (Å²) in [6.45, 7) is 6.88. The average molecular weight is 1050 g/mol. The summed E-state index contributed by atoms with van der Waals surface area (Å²) in [5.74, 6) is -0.520. The van der Waals surface area contributed by atoms with E-state index in [0.29, 0.717) is 23.9 Å². The van der Waals surface area contributed by atoms with Crippen LogP contribution in [-0.2, 0) is 27.9 Å². The van der Waals surface area contributed by atoms with Gasteiger partial charge in [0.25, 0.3) is 0 Å². The van der Waals surface area contributed by atoms with Crippen molar-refractivity contribution in [1.29, 1.82) is 0 Å². The summed E-state index contributed by atoms with van der Waals surface area (Å²) in [5, 5.41) is 3.04. The van der Waals surface area contributed by atoms with Crippen molar-refractivity contribution in [3.8, 4) is 0 Å². The summed E-state index contributed by atoms with van der Waals surface area (Å²) in [4.78, 5) is 37.6. The summed E-state index contributed by atoms with van der Waals surface area (Å²) in [6.07, 6.45) is 65.5. The Morgan fingerprint density at radius 1 is 0.493 bits per heavy atom. The van der Waals surface area contributed by atoms with Gasteiger partial charge in [0.1, 0.15) is 19.3 Å². The Balaban J connectivity index is 5.10. The maximum atomic E-state index is 13.5. The molecule has 0 aromatic rings. The molecule has 0 radical (unpaired) electrons. The van der Waals surface area contributed by atoms with E-state index in [4.69, 9.17) is 13.8 Å². The van der Waals surface area contributed by atoms with E-state index in [2.05, 4.69) is 62.5 Å². The first-order valence-electron chi connectivity index (χ1n) is 31.0. The van der Waals surface area contributed by atoms with Crippen LogP contribution in [0.4, 0.5) is 0 Å². The molecular formula is C63H120N2O7P+. The summed E-state index contributed by atoms with van der Waals surface area (Å²) in [5.41, 5.74) is 0. The van der Waals surface area contributed by atoms with Gasteiger partial charge in [-0.2, -0.15) is 0 Å². The number of quaternary nitrogens is 1. The Morgan fingerprint density at radius 2 is 0.877 bits per heavy atom. The van der Waals surface area contributed by atoms with Crippen molar-refractivity contribution in [2.45, 2.75) is 303 Å². The maximum Gasteiger partial charge on any atom is 0.472 e. The average Bonchev–Trinajstić information content (AvgIpc) is 3.35. The van der Waals surface area contributed by atoms with Gasteiger partial charge >= 0.3 is 13.8 Å². The van der Waals surface area contributed by atoms with Gasteiger partial charge in [0.2, 0.25) is 5.91 Å². The monoisotopic (exact) mass is 1050 g/mol. The molecule has 0 rings (SSSR count). The minimum absolute atomic E-state index is 0.0366. The lowest BCUT2D eigenvalue weighted by Gasteiger charge is -2.27. The lowest BCUT2D eigenvalue weighted by atomic mass is 10.0. The highest BCUT2D eigenvalue weighted by molar-refractivity contribution is 7.47. The highest BCUT2D eigenvalue weighted by Gasteiger charge is 2.30. The molecule has 0 aromatic carbocycles. The van der Waals surface area contributed by atoms with Crippen LogP contribution >= 0.6 is 7.82 Å². The lowest BCUT2D eigenvalue weighted by Crippen LogP contribution is -2.47. The summed E-state index contributed by atoms with van der Waals surface area (Å²) in [6, 6.07) is -0.856. The van der Waals surface area contributed by atoms with Crippen molar-refractivity contribution in [3.05, 3.63) is 48.6 Å². The second-order valence-electron chi connectivity index (χ2n) is 22.3. The molecule has 0 bridgehead atoms. The van der Waals surface area contributed by atoms with Crippen LogP contribution in [0.2, 0.25) is 0 Å². The van der Waals surface area contributed by atoms with E-state index in [0.717, 1.165) is 83.5 Å². The predicted octanol–water partition coefficient (Wildman–Crippen LogP) is 18.9. The molecule has 428 valence electrons. The molecule has 0 fully saturated rings. The van der Waals surface area contributed by atoms with Gasteiger partial charge in [0.15, 0.2) is 0 Å². The van der Waals surface area contributed by atoms with Crippen LogP contribution in [0.1, 0.15) is 290 Å². The molecule has 0 aliphatic carbocycles. The molecule has 3 unspecified atom stereocenters. The molecule has 2 N–H and O–H groups in total. The van der Waals surface area contributed by atoms with E-state index in [1.54, 1.807) is 0 Å². The molecule has 73 heavy (non-hydrogen) atoms. The van der Waals surface area contributed by atoms with Crippen molar-refractivity contribution in [2.24, 2.45) is 0 Å². The number of carbonyl (C=O) groups excluding carboxylic acids is 2. The summed E-state index contributed by atoms with van der Waals surface area (Å²) >= 11 is 0. The third kappa shape index (κ3) is 54.6. The number of phosphoric ester groups is 1. The highest BCUT2D eigenvalue weighted by atomic mass is 31.2. The fraction of sp³-hybridized carbons (Fsp3) is 0.841. The number of amides is 1. The fourth-order valence-electron chi connectivity index (χ4n) is 9.06. The van der Waals surface area contributed by atoms with Crippen LogP contribution in [0, 0.1) is 0 Å². The Labute approximate surface area is 452 Å². The minimum Gasteiger partial charge on any atom is -0.456 e. The SMILES string of the molecule is CC/C=C/C=C/C=C\CCCCCCCC(=O)NC(COP(=O)(O)OCC[N+](C)(C)C)C(/C=C\CCCCCCCCCCC)OC(=O)CCCCCCCCCCCCCCCCCCCCCCCCC. The second-order valence-corrected chi connectivity index (χ2v) is 23.7. The van der Waals surface area contributed by atoms with Crippen LogP contribution < -0.4 is 5.32 Å². The standard InChI is InChI=1S/C63H119N2O7P/c1-7-10-13-16-19-22-25-27-28-29-30-31-32-33-34-35-36-38-41-44-47-50-53-56-63(67)72-61(54-51-48-45-42-39-24-21-18-15-12-9-3)60(59-71-73(68,69)70-58-57-65(4,5)6)64-62(66)55-52-49-46-43-40-37-26-23-20-17-14-11-8-2/h11,14,17,20,23,26,51,54,60-61H,7-10,12-13,15-16,18-19,21-22,24-25,27-50,52-53,55-59H2,1-6H3,(H-,64,66,68,69)/p+1/b14-11+,20-17+,26-23-,54-51-. The van der Waals surface area contributed by atoms with E-state index < -0.39 is 20.0 Å². The van der Waals surface area contributed by atoms with E-state index >= 15 is 0 Å². The zero-order valence-corrected chi connectivity index (χ0v) is 49.8. The fourth-order valence-corrected chi connectivity index (χ4v) is 9.80. The molecule has 0 aliphatic rings. The minimum atomic E-state index is -4.45. The predicted molar refractivity (Wildman–Crippen MR) is 314 cm³/mol. The van der Waals surface area contributed by atoms with Crippen LogP contribution in [-0.4, -0.2) is 74.3 Å². The third-order valence-electron chi connectivity index (χ3n) is 13.8. The molecular weight excluding hydrogens is 928 g/mol.